The number of nitro benzene ring substituents is 1. The van der Waals surface area contributed by atoms with E-state index in [-0.39, 0.29) is 17.9 Å². The highest BCUT2D eigenvalue weighted by Crippen LogP contribution is 2.24. The SMILES string of the molecule is CCCNC(=O)[C@@H](C)N(Cc1cccc(Cl)c1)C(=O)CN(c1cccc([N+](=O)[O-])c1)S(C)(=O)=O. The highest BCUT2D eigenvalue weighted by molar-refractivity contribution is 7.92. The molecule has 0 radical (unpaired) electrons. The maximum absolute atomic E-state index is 13.4. The Kier molecular flexibility index (Phi) is 9.39. The van der Waals surface area contributed by atoms with Gasteiger partial charge in [0.15, 0.2) is 0 Å². The van der Waals surface area contributed by atoms with Crippen molar-refractivity contribution in [3.8, 4) is 0 Å². The fraction of sp³-hybridized carbons (Fsp3) is 0.364. The molecule has 2 rings (SSSR count). The number of anilines is 1. The molecule has 0 heterocycles. The van der Waals surface area contributed by atoms with Crippen molar-refractivity contribution in [2.75, 3.05) is 23.7 Å². The second-order valence-corrected chi connectivity index (χ2v) is 10.0. The molecule has 1 N–H and O–H groups in total. The molecular weight excluding hydrogens is 484 g/mol. The number of halogens is 1. The van der Waals surface area contributed by atoms with Crippen molar-refractivity contribution in [1.29, 1.82) is 0 Å². The number of nitro groups is 1. The average molecular weight is 511 g/mol. The normalized spacial score (nSPS) is 12.0. The number of nitrogens with one attached hydrogen (secondary N) is 1. The second-order valence-electron chi connectivity index (χ2n) is 7.67. The fourth-order valence-electron chi connectivity index (χ4n) is 3.19. The van der Waals surface area contributed by atoms with Crippen LogP contribution < -0.4 is 9.62 Å². The predicted octanol–water partition coefficient (Wildman–Crippen LogP) is 2.96. The summed E-state index contributed by atoms with van der Waals surface area (Å²) in [7, 11) is -3.99. The molecule has 2 aromatic carbocycles. The summed E-state index contributed by atoms with van der Waals surface area (Å²) in [6.07, 6.45) is 1.60. The molecular formula is C22H27ClN4O6S. The van der Waals surface area contributed by atoms with Gasteiger partial charge in [-0.1, -0.05) is 36.7 Å². The molecule has 0 unspecified atom stereocenters. The number of benzene rings is 2. The van der Waals surface area contributed by atoms with Gasteiger partial charge in [-0.3, -0.25) is 24.0 Å². The van der Waals surface area contributed by atoms with Crippen molar-refractivity contribution < 1.29 is 22.9 Å². The summed E-state index contributed by atoms with van der Waals surface area (Å²) in [5.41, 5.74) is 0.301. The van der Waals surface area contributed by atoms with E-state index in [0.29, 0.717) is 23.6 Å². The molecule has 184 valence electrons. The first-order valence-corrected chi connectivity index (χ1v) is 12.7. The van der Waals surface area contributed by atoms with Gasteiger partial charge < -0.3 is 10.2 Å². The van der Waals surface area contributed by atoms with E-state index in [9.17, 15) is 28.1 Å². The summed E-state index contributed by atoms with van der Waals surface area (Å²) in [6, 6.07) is 10.8. The Bertz CT molecular complexity index is 1160. The van der Waals surface area contributed by atoms with Crippen LogP contribution in [0.3, 0.4) is 0 Å². The number of carbonyl (C=O) groups is 2. The number of hydrogen-bond acceptors (Lipinski definition) is 6. The van der Waals surface area contributed by atoms with Gasteiger partial charge in [-0.2, -0.15) is 0 Å². The largest absolute Gasteiger partial charge is 0.354 e. The summed E-state index contributed by atoms with van der Waals surface area (Å²) < 4.78 is 25.8. The van der Waals surface area contributed by atoms with Crippen LogP contribution in [0.25, 0.3) is 0 Å². The molecule has 2 aromatic rings. The van der Waals surface area contributed by atoms with Gasteiger partial charge in [0.2, 0.25) is 21.8 Å². The van der Waals surface area contributed by atoms with Gasteiger partial charge in [0.1, 0.15) is 12.6 Å². The molecule has 0 aliphatic rings. The number of rotatable bonds is 11. The molecule has 0 saturated carbocycles. The molecule has 0 aromatic heterocycles. The Morgan fingerprint density at radius 2 is 1.85 bits per heavy atom. The van der Waals surface area contributed by atoms with E-state index in [2.05, 4.69) is 5.32 Å². The molecule has 2 amide bonds. The summed E-state index contributed by atoms with van der Waals surface area (Å²) in [4.78, 5) is 37.8. The smallest absolute Gasteiger partial charge is 0.271 e. The summed E-state index contributed by atoms with van der Waals surface area (Å²) >= 11 is 6.06. The zero-order chi connectivity index (χ0) is 25.5. The van der Waals surface area contributed by atoms with Crippen molar-refractivity contribution in [2.24, 2.45) is 0 Å². The van der Waals surface area contributed by atoms with Crippen LogP contribution in [0.1, 0.15) is 25.8 Å². The lowest BCUT2D eigenvalue weighted by atomic mass is 10.1. The van der Waals surface area contributed by atoms with Gasteiger partial charge in [-0.15, -0.1) is 0 Å². The molecule has 0 spiro atoms. The molecule has 0 aliphatic carbocycles. The third-order valence-corrected chi connectivity index (χ3v) is 6.34. The van der Waals surface area contributed by atoms with Gasteiger partial charge in [0.05, 0.1) is 16.9 Å². The topological polar surface area (TPSA) is 130 Å². The molecule has 10 nitrogen and oxygen atoms in total. The van der Waals surface area contributed by atoms with Crippen LogP contribution in [-0.4, -0.2) is 55.4 Å². The van der Waals surface area contributed by atoms with E-state index in [1.807, 2.05) is 6.92 Å². The summed E-state index contributed by atoms with van der Waals surface area (Å²) in [5.74, 6) is -1.05. The van der Waals surface area contributed by atoms with Gasteiger partial charge in [-0.05, 0) is 37.1 Å². The van der Waals surface area contributed by atoms with E-state index in [0.717, 1.165) is 16.6 Å². The Morgan fingerprint density at radius 3 is 2.44 bits per heavy atom. The molecule has 12 heteroatoms. The highest BCUT2D eigenvalue weighted by atomic mass is 35.5. The van der Waals surface area contributed by atoms with Crippen molar-refractivity contribution in [1.82, 2.24) is 10.2 Å². The van der Waals surface area contributed by atoms with Gasteiger partial charge >= 0.3 is 0 Å². The van der Waals surface area contributed by atoms with Crippen LogP contribution in [0.2, 0.25) is 5.02 Å². The minimum absolute atomic E-state index is 0.00659. The van der Waals surface area contributed by atoms with Crippen LogP contribution in [0.5, 0.6) is 0 Å². The van der Waals surface area contributed by atoms with Crippen LogP contribution in [0, 0.1) is 10.1 Å². The lowest BCUT2D eigenvalue weighted by Crippen LogP contribution is -2.51. The van der Waals surface area contributed by atoms with Crippen LogP contribution in [-0.2, 0) is 26.2 Å². The molecule has 1 atom stereocenters. The third-order valence-electron chi connectivity index (χ3n) is 4.97. The highest BCUT2D eigenvalue weighted by Gasteiger charge is 2.30. The maximum Gasteiger partial charge on any atom is 0.271 e. The molecule has 0 fully saturated rings. The monoisotopic (exact) mass is 510 g/mol. The number of carbonyl (C=O) groups excluding carboxylic acids is 2. The van der Waals surface area contributed by atoms with Gasteiger partial charge in [0, 0.05) is 30.2 Å². The minimum atomic E-state index is -3.99. The van der Waals surface area contributed by atoms with Crippen molar-refractivity contribution in [2.45, 2.75) is 32.9 Å². The Hall–Kier alpha value is -3.18. The Morgan fingerprint density at radius 1 is 1.18 bits per heavy atom. The van der Waals surface area contributed by atoms with E-state index in [4.69, 9.17) is 11.6 Å². The first-order chi connectivity index (χ1) is 15.9. The van der Waals surface area contributed by atoms with Gasteiger partial charge in [0.25, 0.3) is 5.69 Å². The molecule has 0 saturated heterocycles. The van der Waals surface area contributed by atoms with Crippen molar-refractivity contribution in [3.05, 3.63) is 69.2 Å². The molecule has 0 aliphatic heterocycles. The van der Waals surface area contributed by atoms with Crippen LogP contribution in [0.15, 0.2) is 48.5 Å². The van der Waals surface area contributed by atoms with Crippen molar-refractivity contribution in [3.63, 3.8) is 0 Å². The van der Waals surface area contributed by atoms with Crippen LogP contribution in [0.4, 0.5) is 11.4 Å². The first kappa shape index (κ1) is 27.1. The zero-order valence-electron chi connectivity index (χ0n) is 19.1. The minimum Gasteiger partial charge on any atom is -0.354 e. The number of amides is 2. The van der Waals surface area contributed by atoms with E-state index < -0.39 is 39.3 Å². The van der Waals surface area contributed by atoms with E-state index in [1.165, 1.54) is 23.1 Å². The van der Waals surface area contributed by atoms with Gasteiger partial charge in [-0.25, -0.2) is 8.42 Å². The Balaban J connectivity index is 2.41. The Labute approximate surface area is 203 Å². The van der Waals surface area contributed by atoms with E-state index >= 15 is 0 Å². The quantitative estimate of drug-likeness (QED) is 0.365. The summed E-state index contributed by atoms with van der Waals surface area (Å²) in [5, 5.41) is 14.3. The summed E-state index contributed by atoms with van der Waals surface area (Å²) in [6.45, 7) is 3.22. The second kappa shape index (κ2) is 11.8. The van der Waals surface area contributed by atoms with Crippen molar-refractivity contribution >= 4 is 44.8 Å². The first-order valence-electron chi connectivity index (χ1n) is 10.5. The van der Waals surface area contributed by atoms with Crippen LogP contribution >= 0.6 is 11.6 Å². The lowest BCUT2D eigenvalue weighted by Gasteiger charge is -2.31. The number of hydrogen-bond donors (Lipinski definition) is 1. The standard InChI is InChI=1S/C22H27ClN4O6S/c1-4-11-24-22(29)16(2)25(14-17-7-5-8-18(23)12-17)21(28)15-26(34(3,32)33)19-9-6-10-20(13-19)27(30)31/h5-10,12-13,16H,4,11,14-15H2,1-3H3,(H,24,29)/t16-/m1/s1. The molecule has 0 bridgehead atoms. The zero-order valence-corrected chi connectivity index (χ0v) is 20.7. The molecule has 34 heavy (non-hydrogen) atoms. The maximum atomic E-state index is 13.4. The van der Waals surface area contributed by atoms with E-state index in [1.54, 1.807) is 31.2 Å². The number of non-ortho nitro benzene ring substituents is 1. The number of nitrogens with zero attached hydrogens (tertiary/aromatic N) is 3. The lowest BCUT2D eigenvalue weighted by molar-refractivity contribution is -0.384. The predicted molar refractivity (Wildman–Crippen MR) is 130 cm³/mol. The average Bonchev–Trinajstić information content (AvgIpc) is 2.78. The number of sulfonamides is 1. The fourth-order valence-corrected chi connectivity index (χ4v) is 4.24. The third kappa shape index (κ3) is 7.42.